The zero-order valence-corrected chi connectivity index (χ0v) is 15.0. The third-order valence-electron chi connectivity index (χ3n) is 4.23. The highest BCUT2D eigenvalue weighted by Crippen LogP contribution is 2.19. The van der Waals surface area contributed by atoms with Crippen LogP contribution >= 0.6 is 15.9 Å². The quantitative estimate of drug-likeness (QED) is 0.808. The summed E-state index contributed by atoms with van der Waals surface area (Å²) >= 11 is 3.40. The number of hydrogen-bond acceptors (Lipinski definition) is 3. The van der Waals surface area contributed by atoms with Gasteiger partial charge in [0.05, 0.1) is 0 Å². The molecule has 0 atom stereocenters. The minimum absolute atomic E-state index is 0.134. The maximum absolute atomic E-state index is 12.7. The molecule has 1 fully saturated rings. The van der Waals surface area contributed by atoms with E-state index in [0.717, 1.165) is 53.2 Å². The Balaban J connectivity index is 1.67. The first-order valence-corrected chi connectivity index (χ1v) is 8.57. The van der Waals surface area contributed by atoms with Crippen molar-refractivity contribution in [1.29, 1.82) is 0 Å². The lowest BCUT2D eigenvalue weighted by Crippen LogP contribution is -2.49. The van der Waals surface area contributed by atoms with E-state index >= 15 is 0 Å². The van der Waals surface area contributed by atoms with Crippen molar-refractivity contribution in [3.05, 3.63) is 57.7 Å². The number of aromatic nitrogens is 1. The fourth-order valence-electron chi connectivity index (χ4n) is 2.83. The standard InChI is InChI=1S/C18H20BrN3O/c1-13-3-4-14(2)16(11-13)18(23)22-9-7-21(8-10-22)17-6-5-15(19)12-20-17/h3-6,11-12H,7-10H2,1-2H3. The number of amides is 1. The molecule has 0 N–H and O–H groups in total. The minimum atomic E-state index is 0.134. The van der Waals surface area contributed by atoms with Gasteiger partial charge in [0.25, 0.3) is 5.91 Å². The van der Waals surface area contributed by atoms with Crippen molar-refractivity contribution < 1.29 is 4.79 Å². The Morgan fingerprint density at radius 1 is 1.09 bits per heavy atom. The maximum Gasteiger partial charge on any atom is 0.254 e. The van der Waals surface area contributed by atoms with E-state index in [4.69, 9.17) is 0 Å². The Kier molecular flexibility index (Phi) is 4.66. The second kappa shape index (κ2) is 6.71. The molecule has 3 rings (SSSR count). The molecule has 1 aromatic heterocycles. The van der Waals surface area contributed by atoms with Crippen LogP contribution in [-0.2, 0) is 0 Å². The summed E-state index contributed by atoms with van der Waals surface area (Å²) in [5.41, 5.74) is 2.98. The molecule has 2 heterocycles. The van der Waals surface area contributed by atoms with Gasteiger partial charge in [0, 0.05) is 42.4 Å². The highest BCUT2D eigenvalue weighted by molar-refractivity contribution is 9.10. The number of halogens is 1. The van der Waals surface area contributed by atoms with Gasteiger partial charge in [-0.15, -0.1) is 0 Å². The largest absolute Gasteiger partial charge is 0.353 e. The van der Waals surface area contributed by atoms with E-state index < -0.39 is 0 Å². The Morgan fingerprint density at radius 2 is 1.83 bits per heavy atom. The maximum atomic E-state index is 12.7. The Morgan fingerprint density at radius 3 is 2.48 bits per heavy atom. The molecule has 0 spiro atoms. The summed E-state index contributed by atoms with van der Waals surface area (Å²) in [4.78, 5) is 21.3. The van der Waals surface area contributed by atoms with Gasteiger partial charge in [0.2, 0.25) is 0 Å². The van der Waals surface area contributed by atoms with Crippen LogP contribution in [0.1, 0.15) is 21.5 Å². The van der Waals surface area contributed by atoms with Crippen LogP contribution in [0.4, 0.5) is 5.82 Å². The van der Waals surface area contributed by atoms with Crippen molar-refractivity contribution in [2.45, 2.75) is 13.8 Å². The van der Waals surface area contributed by atoms with Gasteiger partial charge >= 0.3 is 0 Å². The third kappa shape index (κ3) is 3.55. The number of anilines is 1. The smallest absolute Gasteiger partial charge is 0.254 e. The molecular weight excluding hydrogens is 354 g/mol. The van der Waals surface area contributed by atoms with E-state index in [1.807, 2.05) is 55.3 Å². The molecule has 120 valence electrons. The van der Waals surface area contributed by atoms with E-state index in [1.54, 1.807) is 0 Å². The van der Waals surface area contributed by atoms with Crippen LogP contribution in [0.2, 0.25) is 0 Å². The Bertz CT molecular complexity index is 707. The lowest BCUT2D eigenvalue weighted by molar-refractivity contribution is 0.0745. The van der Waals surface area contributed by atoms with Gasteiger partial charge in [-0.2, -0.15) is 0 Å². The van der Waals surface area contributed by atoms with Crippen LogP contribution in [-0.4, -0.2) is 42.0 Å². The third-order valence-corrected chi connectivity index (χ3v) is 4.70. The van der Waals surface area contributed by atoms with Gasteiger partial charge in [0.15, 0.2) is 0 Å². The number of pyridine rings is 1. The van der Waals surface area contributed by atoms with Crippen molar-refractivity contribution in [3.63, 3.8) is 0 Å². The molecule has 0 aliphatic carbocycles. The van der Waals surface area contributed by atoms with Gasteiger partial charge in [-0.3, -0.25) is 4.79 Å². The van der Waals surface area contributed by atoms with Crippen molar-refractivity contribution >= 4 is 27.7 Å². The zero-order chi connectivity index (χ0) is 16.4. The summed E-state index contributed by atoms with van der Waals surface area (Å²) in [6, 6.07) is 10.1. The molecule has 0 saturated carbocycles. The zero-order valence-electron chi connectivity index (χ0n) is 13.4. The Hall–Kier alpha value is -1.88. The normalized spacial score (nSPS) is 14.9. The van der Waals surface area contributed by atoms with Gasteiger partial charge in [-0.25, -0.2) is 4.98 Å². The minimum Gasteiger partial charge on any atom is -0.353 e. The topological polar surface area (TPSA) is 36.4 Å². The number of hydrogen-bond donors (Lipinski definition) is 0. The average molecular weight is 374 g/mol. The molecule has 1 aliphatic rings. The average Bonchev–Trinajstić information content (AvgIpc) is 2.57. The summed E-state index contributed by atoms with van der Waals surface area (Å²) in [6.07, 6.45) is 1.81. The number of aryl methyl sites for hydroxylation is 2. The fraction of sp³-hybridized carbons (Fsp3) is 0.333. The van der Waals surface area contributed by atoms with E-state index in [2.05, 4.69) is 25.8 Å². The second-order valence-corrected chi connectivity index (χ2v) is 6.85. The first-order valence-electron chi connectivity index (χ1n) is 7.77. The Labute approximate surface area is 145 Å². The monoisotopic (exact) mass is 373 g/mol. The van der Waals surface area contributed by atoms with E-state index in [1.165, 1.54) is 0 Å². The molecule has 0 bridgehead atoms. The van der Waals surface area contributed by atoms with Crippen LogP contribution in [0.15, 0.2) is 41.0 Å². The highest BCUT2D eigenvalue weighted by Gasteiger charge is 2.23. The molecule has 23 heavy (non-hydrogen) atoms. The lowest BCUT2D eigenvalue weighted by Gasteiger charge is -2.35. The summed E-state index contributed by atoms with van der Waals surface area (Å²) in [5, 5.41) is 0. The summed E-state index contributed by atoms with van der Waals surface area (Å²) < 4.78 is 0.977. The number of benzene rings is 1. The van der Waals surface area contributed by atoms with E-state index in [0.29, 0.717) is 0 Å². The molecule has 1 amide bonds. The van der Waals surface area contributed by atoms with Crippen LogP contribution in [0.3, 0.4) is 0 Å². The summed E-state index contributed by atoms with van der Waals surface area (Å²) in [7, 11) is 0. The van der Waals surface area contributed by atoms with Gasteiger partial charge in [-0.05, 0) is 53.5 Å². The number of carbonyl (C=O) groups excluding carboxylic acids is 1. The summed E-state index contributed by atoms with van der Waals surface area (Å²) in [6.45, 7) is 7.09. The van der Waals surface area contributed by atoms with Crippen LogP contribution in [0.25, 0.3) is 0 Å². The molecule has 0 radical (unpaired) electrons. The second-order valence-electron chi connectivity index (χ2n) is 5.93. The van der Waals surface area contributed by atoms with Gasteiger partial charge < -0.3 is 9.80 Å². The van der Waals surface area contributed by atoms with Crippen molar-refractivity contribution in [1.82, 2.24) is 9.88 Å². The summed E-state index contributed by atoms with van der Waals surface area (Å²) in [5.74, 6) is 1.10. The van der Waals surface area contributed by atoms with Gasteiger partial charge in [-0.1, -0.05) is 17.7 Å². The molecule has 4 nitrogen and oxygen atoms in total. The predicted molar refractivity (Wildman–Crippen MR) is 96.0 cm³/mol. The van der Waals surface area contributed by atoms with Crippen molar-refractivity contribution in [2.75, 3.05) is 31.1 Å². The van der Waals surface area contributed by atoms with Gasteiger partial charge in [0.1, 0.15) is 5.82 Å². The fourth-order valence-corrected chi connectivity index (χ4v) is 3.06. The molecule has 1 aliphatic heterocycles. The predicted octanol–water partition coefficient (Wildman–Crippen LogP) is 3.42. The van der Waals surface area contributed by atoms with Crippen LogP contribution in [0, 0.1) is 13.8 Å². The molecule has 5 heteroatoms. The number of piperazine rings is 1. The molecule has 1 aromatic carbocycles. The number of carbonyl (C=O) groups is 1. The molecule has 0 unspecified atom stereocenters. The molecule has 2 aromatic rings. The lowest BCUT2D eigenvalue weighted by atomic mass is 10.0. The molecule has 1 saturated heterocycles. The van der Waals surface area contributed by atoms with Crippen LogP contribution in [0.5, 0.6) is 0 Å². The SMILES string of the molecule is Cc1ccc(C)c(C(=O)N2CCN(c3ccc(Br)cn3)CC2)c1. The molecular formula is C18H20BrN3O. The van der Waals surface area contributed by atoms with E-state index in [-0.39, 0.29) is 5.91 Å². The first-order chi connectivity index (χ1) is 11.0. The number of rotatable bonds is 2. The number of nitrogens with zero attached hydrogens (tertiary/aromatic N) is 3. The van der Waals surface area contributed by atoms with Crippen molar-refractivity contribution in [3.8, 4) is 0 Å². The van der Waals surface area contributed by atoms with Crippen molar-refractivity contribution in [2.24, 2.45) is 0 Å². The highest BCUT2D eigenvalue weighted by atomic mass is 79.9. The first kappa shape index (κ1) is 16.0. The van der Waals surface area contributed by atoms with E-state index in [9.17, 15) is 4.79 Å². The van der Waals surface area contributed by atoms with Crippen LogP contribution < -0.4 is 4.90 Å².